The average Bonchev–Trinajstić information content (AvgIpc) is 3.14. The molecule has 0 aromatic carbocycles. The summed E-state index contributed by atoms with van der Waals surface area (Å²) in [5, 5.41) is 6.31. The Balaban J connectivity index is 1.65. The molecule has 1 heterocycles. The summed E-state index contributed by atoms with van der Waals surface area (Å²) in [4.78, 5) is 1.57. The molecule has 0 spiro atoms. The van der Waals surface area contributed by atoms with Gasteiger partial charge in [-0.1, -0.05) is 44.6 Å². The zero-order valence-electron chi connectivity index (χ0n) is 13.5. The first-order chi connectivity index (χ1) is 10.3. The predicted molar refractivity (Wildman–Crippen MR) is 92.8 cm³/mol. The van der Waals surface area contributed by atoms with Crippen molar-refractivity contribution in [1.29, 1.82) is 0 Å². The van der Waals surface area contributed by atoms with Crippen molar-refractivity contribution in [3.8, 4) is 0 Å². The monoisotopic (exact) mass is 305 g/mol. The summed E-state index contributed by atoms with van der Waals surface area (Å²) in [5.41, 5.74) is 0. The van der Waals surface area contributed by atoms with Crippen molar-refractivity contribution in [1.82, 2.24) is 5.32 Å². The van der Waals surface area contributed by atoms with E-state index in [4.69, 9.17) is 0 Å². The van der Waals surface area contributed by atoms with E-state index in [9.17, 15) is 0 Å². The zero-order valence-corrected chi connectivity index (χ0v) is 14.3. The maximum atomic E-state index is 4.07. The van der Waals surface area contributed by atoms with E-state index >= 15 is 0 Å². The highest BCUT2D eigenvalue weighted by Gasteiger charge is 2.30. The Morgan fingerprint density at radius 2 is 1.57 bits per heavy atom. The van der Waals surface area contributed by atoms with Gasteiger partial charge in [-0.15, -0.1) is 11.3 Å². The molecule has 1 aromatic rings. The van der Waals surface area contributed by atoms with Gasteiger partial charge in [0.05, 0.1) is 0 Å². The summed E-state index contributed by atoms with van der Waals surface area (Å²) in [6, 6.07) is 5.86. The number of thiophene rings is 1. The second-order valence-electron chi connectivity index (χ2n) is 7.24. The van der Waals surface area contributed by atoms with Crippen LogP contribution in [0.3, 0.4) is 0 Å². The van der Waals surface area contributed by atoms with Gasteiger partial charge in [-0.3, -0.25) is 0 Å². The van der Waals surface area contributed by atoms with Gasteiger partial charge in [0, 0.05) is 17.0 Å². The molecule has 1 unspecified atom stereocenters. The van der Waals surface area contributed by atoms with E-state index < -0.39 is 0 Å². The van der Waals surface area contributed by atoms with Crippen molar-refractivity contribution in [2.24, 2.45) is 11.8 Å². The highest BCUT2D eigenvalue weighted by molar-refractivity contribution is 7.10. The molecule has 2 fully saturated rings. The Morgan fingerprint density at radius 1 is 0.952 bits per heavy atom. The van der Waals surface area contributed by atoms with E-state index in [1.807, 2.05) is 11.3 Å². The van der Waals surface area contributed by atoms with Gasteiger partial charge in [-0.2, -0.15) is 0 Å². The lowest BCUT2D eigenvalue weighted by Crippen LogP contribution is -2.38. The van der Waals surface area contributed by atoms with E-state index in [1.165, 1.54) is 64.2 Å². The van der Waals surface area contributed by atoms with E-state index in [-0.39, 0.29) is 0 Å². The standard InChI is InChI=1S/C19H31NS/c1-15(16-9-4-2-3-5-10-16)20-19(17-11-6-7-12-17)18-13-8-14-21-18/h8,13-17,19-20H,2-7,9-12H2,1H3/t15-,19?/m1/s1. The highest BCUT2D eigenvalue weighted by Crippen LogP contribution is 2.38. The Kier molecular flexibility index (Phi) is 5.76. The Labute approximate surface area is 134 Å². The van der Waals surface area contributed by atoms with Gasteiger partial charge in [0.25, 0.3) is 0 Å². The lowest BCUT2D eigenvalue weighted by Gasteiger charge is -2.31. The van der Waals surface area contributed by atoms with E-state index in [0.717, 1.165) is 11.8 Å². The highest BCUT2D eigenvalue weighted by atomic mass is 32.1. The number of rotatable bonds is 5. The second-order valence-corrected chi connectivity index (χ2v) is 8.22. The number of nitrogens with one attached hydrogen (secondary N) is 1. The van der Waals surface area contributed by atoms with Gasteiger partial charge in [-0.25, -0.2) is 0 Å². The maximum Gasteiger partial charge on any atom is 0.0445 e. The van der Waals surface area contributed by atoms with Crippen LogP contribution in [0.1, 0.15) is 82.1 Å². The topological polar surface area (TPSA) is 12.0 Å². The van der Waals surface area contributed by atoms with Crippen molar-refractivity contribution < 1.29 is 0 Å². The fourth-order valence-corrected chi connectivity index (χ4v) is 5.32. The lowest BCUT2D eigenvalue weighted by molar-refractivity contribution is 0.268. The first kappa shape index (κ1) is 15.6. The van der Waals surface area contributed by atoms with Crippen molar-refractivity contribution in [2.75, 3.05) is 0 Å². The molecule has 2 saturated carbocycles. The van der Waals surface area contributed by atoms with Crippen LogP contribution in [0.5, 0.6) is 0 Å². The first-order valence-electron chi connectivity index (χ1n) is 9.14. The van der Waals surface area contributed by atoms with Crippen LogP contribution in [0, 0.1) is 11.8 Å². The maximum absolute atomic E-state index is 4.07. The Bertz CT molecular complexity index is 386. The normalized spacial score (nSPS) is 24.8. The molecule has 1 nitrogen and oxygen atoms in total. The van der Waals surface area contributed by atoms with Crippen molar-refractivity contribution in [2.45, 2.75) is 83.2 Å². The fraction of sp³-hybridized carbons (Fsp3) is 0.789. The van der Waals surface area contributed by atoms with Crippen molar-refractivity contribution in [3.05, 3.63) is 22.4 Å². The molecule has 21 heavy (non-hydrogen) atoms. The zero-order chi connectivity index (χ0) is 14.5. The predicted octanol–water partition coefficient (Wildman–Crippen LogP) is 5.93. The molecular formula is C19H31NS. The fourth-order valence-electron chi connectivity index (χ4n) is 4.44. The average molecular weight is 306 g/mol. The van der Waals surface area contributed by atoms with Crippen LogP contribution in [0.25, 0.3) is 0 Å². The first-order valence-corrected chi connectivity index (χ1v) is 10.0. The summed E-state index contributed by atoms with van der Waals surface area (Å²) in [6.45, 7) is 2.45. The summed E-state index contributed by atoms with van der Waals surface area (Å²) >= 11 is 1.95. The third-order valence-electron chi connectivity index (χ3n) is 5.77. The molecule has 3 rings (SSSR count). The molecule has 2 heteroatoms. The van der Waals surface area contributed by atoms with Crippen molar-refractivity contribution in [3.63, 3.8) is 0 Å². The van der Waals surface area contributed by atoms with Gasteiger partial charge in [-0.05, 0) is 55.9 Å². The molecule has 0 amide bonds. The molecule has 2 atom stereocenters. The molecule has 0 aliphatic heterocycles. The van der Waals surface area contributed by atoms with Gasteiger partial charge < -0.3 is 5.32 Å². The van der Waals surface area contributed by atoms with Crippen LogP contribution in [0.4, 0.5) is 0 Å². The molecule has 118 valence electrons. The van der Waals surface area contributed by atoms with E-state index in [2.05, 4.69) is 29.8 Å². The molecule has 0 saturated heterocycles. The molecule has 1 N–H and O–H groups in total. The van der Waals surface area contributed by atoms with E-state index in [1.54, 1.807) is 4.88 Å². The molecule has 2 aliphatic carbocycles. The van der Waals surface area contributed by atoms with Crippen LogP contribution in [-0.2, 0) is 0 Å². The van der Waals surface area contributed by atoms with Gasteiger partial charge in [0.15, 0.2) is 0 Å². The Hall–Kier alpha value is -0.340. The molecule has 0 bridgehead atoms. The molecule has 2 aliphatic rings. The lowest BCUT2D eigenvalue weighted by atomic mass is 9.90. The van der Waals surface area contributed by atoms with Crippen LogP contribution in [0.2, 0.25) is 0 Å². The van der Waals surface area contributed by atoms with Crippen molar-refractivity contribution >= 4 is 11.3 Å². The minimum atomic E-state index is 0.616. The minimum absolute atomic E-state index is 0.616. The quantitative estimate of drug-likeness (QED) is 0.665. The number of hydrogen-bond acceptors (Lipinski definition) is 2. The van der Waals surface area contributed by atoms with Gasteiger partial charge in [0.2, 0.25) is 0 Å². The summed E-state index contributed by atoms with van der Waals surface area (Å²) in [6.07, 6.45) is 14.4. The van der Waals surface area contributed by atoms with E-state index in [0.29, 0.717) is 12.1 Å². The third kappa shape index (κ3) is 4.10. The van der Waals surface area contributed by atoms with Gasteiger partial charge >= 0.3 is 0 Å². The SMILES string of the molecule is C[C@@H](NC(c1cccs1)C1CCCC1)C1CCCCCC1. The summed E-state index contributed by atoms with van der Waals surface area (Å²) < 4.78 is 0. The summed E-state index contributed by atoms with van der Waals surface area (Å²) in [5.74, 6) is 1.77. The van der Waals surface area contributed by atoms with Crippen LogP contribution < -0.4 is 5.32 Å². The minimum Gasteiger partial charge on any atom is -0.306 e. The Morgan fingerprint density at radius 3 is 2.19 bits per heavy atom. The molecule has 1 aromatic heterocycles. The van der Waals surface area contributed by atoms with Gasteiger partial charge in [0.1, 0.15) is 0 Å². The van der Waals surface area contributed by atoms with Crippen LogP contribution in [-0.4, -0.2) is 6.04 Å². The second kappa shape index (κ2) is 7.78. The molecular weight excluding hydrogens is 274 g/mol. The number of hydrogen-bond donors (Lipinski definition) is 1. The smallest absolute Gasteiger partial charge is 0.0445 e. The van der Waals surface area contributed by atoms with Crippen LogP contribution >= 0.6 is 11.3 Å². The molecule has 0 radical (unpaired) electrons. The van der Waals surface area contributed by atoms with Crippen LogP contribution in [0.15, 0.2) is 17.5 Å². The third-order valence-corrected chi connectivity index (χ3v) is 6.73. The largest absolute Gasteiger partial charge is 0.306 e. The summed E-state index contributed by atoms with van der Waals surface area (Å²) in [7, 11) is 0.